The van der Waals surface area contributed by atoms with Gasteiger partial charge in [0.2, 0.25) is 0 Å². The van der Waals surface area contributed by atoms with E-state index in [4.69, 9.17) is 21.3 Å². The Hall–Kier alpha value is -2.22. The molecule has 0 amide bonds. The van der Waals surface area contributed by atoms with Crippen molar-refractivity contribution in [3.05, 3.63) is 90.5 Å². The summed E-state index contributed by atoms with van der Waals surface area (Å²) >= 11 is 6.09. The van der Waals surface area contributed by atoms with Gasteiger partial charge in [-0.1, -0.05) is 84.6 Å². The van der Waals surface area contributed by atoms with Gasteiger partial charge in [0.05, 0.1) is 7.11 Å². The molecule has 0 unspecified atom stereocenters. The van der Waals surface area contributed by atoms with E-state index in [2.05, 4.69) is 24.3 Å². The third-order valence-corrected chi connectivity index (χ3v) is 7.70. The van der Waals surface area contributed by atoms with E-state index in [1.807, 2.05) is 66.9 Å². The molecule has 24 heavy (non-hydrogen) atoms. The molecule has 0 saturated heterocycles. The number of hydrogen-bond acceptors (Lipinski definition) is 2. The van der Waals surface area contributed by atoms with Crippen molar-refractivity contribution in [3.63, 3.8) is 0 Å². The summed E-state index contributed by atoms with van der Waals surface area (Å²) < 4.78 is 10.3. The average molecular weight is 351 g/mol. The van der Waals surface area contributed by atoms with Crippen LogP contribution in [0.15, 0.2) is 89.7 Å². The smallest absolute Gasteiger partial charge is 0.127 e. The molecule has 2 nitrogen and oxygen atoms in total. The highest BCUT2D eigenvalue weighted by atomic mass is 32.4. The number of hydrogen-bond donors (Lipinski definition) is 0. The molecule has 3 rings (SSSR count). The zero-order valence-corrected chi connectivity index (χ0v) is 15.1. The van der Waals surface area contributed by atoms with Gasteiger partial charge < -0.3 is 4.74 Å². The monoisotopic (exact) mass is 351 g/mol. The lowest BCUT2D eigenvalue weighted by Crippen LogP contribution is -2.14. The molecule has 0 radical (unpaired) electrons. The molecule has 3 aromatic rings. The van der Waals surface area contributed by atoms with Gasteiger partial charge in [-0.15, -0.1) is 0 Å². The molecule has 0 bridgehead atoms. The van der Waals surface area contributed by atoms with Crippen molar-refractivity contribution in [1.29, 1.82) is 0 Å². The zero-order valence-electron chi connectivity index (χ0n) is 13.4. The van der Waals surface area contributed by atoms with E-state index in [1.54, 1.807) is 7.11 Å². The first-order valence-corrected chi connectivity index (χ1v) is 10.4. The molecule has 0 aliphatic heterocycles. The first-order chi connectivity index (χ1) is 11.7. The topological polar surface area (TPSA) is 21.6 Å². The van der Waals surface area contributed by atoms with Crippen LogP contribution in [-0.4, -0.2) is 13.3 Å². The molecule has 0 aliphatic carbocycles. The fraction of sp³-hybridized carbons (Fsp3) is 0.0500. The van der Waals surface area contributed by atoms with Crippen molar-refractivity contribution in [3.8, 4) is 5.75 Å². The second-order valence-corrected chi connectivity index (χ2v) is 9.23. The van der Waals surface area contributed by atoms with Crippen molar-refractivity contribution >= 4 is 34.8 Å². The second-order valence-electron chi connectivity index (χ2n) is 5.23. The number of benzene rings is 3. The fourth-order valence-corrected chi connectivity index (χ4v) is 5.34. The van der Waals surface area contributed by atoms with Gasteiger partial charge in [-0.2, -0.15) is 0 Å². The van der Waals surface area contributed by atoms with Crippen LogP contribution >= 0.6 is 6.19 Å². The van der Waals surface area contributed by atoms with Gasteiger partial charge in [0.15, 0.2) is 0 Å². The number of rotatable bonds is 5. The Labute approximate surface area is 147 Å². The standard InChI is InChI=1S/C20H18NOPS/c1-22-20-15-9-8-10-17(20)16-21-23(24,18-11-4-2-5-12-18)19-13-6-3-7-14-19/h2-16H,1H3/b21-16+. The van der Waals surface area contributed by atoms with Crippen molar-refractivity contribution in [2.24, 2.45) is 4.76 Å². The highest BCUT2D eigenvalue weighted by Crippen LogP contribution is 2.45. The summed E-state index contributed by atoms with van der Waals surface area (Å²) in [7, 11) is 1.66. The van der Waals surface area contributed by atoms with Crippen LogP contribution < -0.4 is 15.3 Å². The summed E-state index contributed by atoms with van der Waals surface area (Å²) in [5.41, 5.74) is 0.932. The van der Waals surface area contributed by atoms with Crippen LogP contribution in [0.4, 0.5) is 0 Å². The predicted molar refractivity (Wildman–Crippen MR) is 107 cm³/mol. The first kappa shape index (κ1) is 16.6. The van der Waals surface area contributed by atoms with E-state index in [1.165, 1.54) is 0 Å². The summed E-state index contributed by atoms with van der Waals surface area (Å²) in [4.78, 5) is 0. The van der Waals surface area contributed by atoms with E-state index < -0.39 is 6.19 Å². The summed E-state index contributed by atoms with van der Waals surface area (Å²) in [6.45, 7) is 0. The quantitative estimate of drug-likeness (QED) is 0.508. The highest BCUT2D eigenvalue weighted by Gasteiger charge is 2.20. The lowest BCUT2D eigenvalue weighted by Gasteiger charge is -2.18. The summed E-state index contributed by atoms with van der Waals surface area (Å²) in [5, 5.41) is 2.16. The molecular weight excluding hydrogens is 333 g/mol. The summed E-state index contributed by atoms with van der Waals surface area (Å²) in [6, 6.07) is 28.1. The molecule has 0 fully saturated rings. The molecule has 0 N–H and O–H groups in total. The summed E-state index contributed by atoms with van der Waals surface area (Å²) in [5.74, 6) is 0.795. The molecule has 0 spiro atoms. The molecule has 4 heteroatoms. The van der Waals surface area contributed by atoms with Crippen LogP contribution in [0.25, 0.3) is 0 Å². The molecule has 120 valence electrons. The van der Waals surface area contributed by atoms with E-state index >= 15 is 0 Å². The minimum atomic E-state index is -2.27. The Bertz CT molecular complexity index is 835. The van der Waals surface area contributed by atoms with Gasteiger partial charge in [-0.25, -0.2) is 0 Å². The Balaban J connectivity index is 2.10. The van der Waals surface area contributed by atoms with Gasteiger partial charge in [-0.05, 0) is 12.1 Å². The van der Waals surface area contributed by atoms with Crippen molar-refractivity contribution in [1.82, 2.24) is 0 Å². The predicted octanol–water partition coefficient (Wildman–Crippen LogP) is 4.16. The maximum atomic E-state index is 6.09. The number of ether oxygens (including phenoxy) is 1. The normalized spacial score (nSPS) is 11.5. The van der Waals surface area contributed by atoms with Gasteiger partial charge >= 0.3 is 0 Å². The molecule has 0 aromatic heterocycles. The second kappa shape index (κ2) is 7.57. The maximum absolute atomic E-state index is 6.09. The van der Waals surface area contributed by atoms with E-state index in [9.17, 15) is 0 Å². The molecule has 0 aliphatic rings. The Morgan fingerprint density at radius 2 is 1.29 bits per heavy atom. The lowest BCUT2D eigenvalue weighted by atomic mass is 10.2. The lowest BCUT2D eigenvalue weighted by molar-refractivity contribution is 0.414. The largest absolute Gasteiger partial charge is 0.496 e. The molecular formula is C20H18NOPS. The molecule has 3 aromatic carbocycles. The van der Waals surface area contributed by atoms with E-state index in [-0.39, 0.29) is 0 Å². The van der Waals surface area contributed by atoms with Crippen molar-refractivity contribution in [2.75, 3.05) is 7.11 Å². The van der Waals surface area contributed by atoms with E-state index in [0.29, 0.717) is 0 Å². The van der Waals surface area contributed by atoms with Crippen LogP contribution in [0.3, 0.4) is 0 Å². The SMILES string of the molecule is COc1ccccc1/C=N/P(=S)(c1ccccc1)c1ccccc1. The Morgan fingerprint density at radius 3 is 1.83 bits per heavy atom. The molecule has 0 heterocycles. The maximum Gasteiger partial charge on any atom is 0.127 e. The van der Waals surface area contributed by atoms with Crippen LogP contribution in [0.1, 0.15) is 5.56 Å². The third kappa shape index (κ3) is 3.48. The number of methoxy groups -OCH3 is 1. The van der Waals surface area contributed by atoms with E-state index in [0.717, 1.165) is 21.9 Å². The highest BCUT2D eigenvalue weighted by molar-refractivity contribution is 8.21. The minimum absolute atomic E-state index is 0.795. The summed E-state index contributed by atoms with van der Waals surface area (Å²) in [6.07, 6.45) is -0.426. The van der Waals surface area contributed by atoms with Gasteiger partial charge in [0.25, 0.3) is 0 Å². The molecule has 0 saturated carbocycles. The number of para-hydroxylation sites is 1. The van der Waals surface area contributed by atoms with Crippen molar-refractivity contribution < 1.29 is 4.74 Å². The number of nitrogens with zero attached hydrogens (tertiary/aromatic N) is 1. The van der Waals surface area contributed by atoms with Crippen LogP contribution in [0.2, 0.25) is 0 Å². The third-order valence-electron chi connectivity index (χ3n) is 3.71. The molecule has 0 atom stereocenters. The van der Waals surface area contributed by atoms with Crippen molar-refractivity contribution in [2.45, 2.75) is 0 Å². The van der Waals surface area contributed by atoms with Crippen LogP contribution in [0.5, 0.6) is 5.75 Å². The van der Waals surface area contributed by atoms with Gasteiger partial charge in [0, 0.05) is 22.4 Å². The van der Waals surface area contributed by atoms with Gasteiger partial charge in [-0.3, -0.25) is 4.76 Å². The minimum Gasteiger partial charge on any atom is -0.496 e. The van der Waals surface area contributed by atoms with Crippen LogP contribution in [0, 0.1) is 0 Å². The van der Waals surface area contributed by atoms with Gasteiger partial charge in [0.1, 0.15) is 11.9 Å². The average Bonchev–Trinajstić information content (AvgIpc) is 2.67. The first-order valence-electron chi connectivity index (χ1n) is 7.64. The Kier molecular flexibility index (Phi) is 5.24. The zero-order chi connectivity index (χ0) is 16.8. The fourth-order valence-electron chi connectivity index (χ4n) is 2.46. The van der Waals surface area contributed by atoms with Crippen LogP contribution in [-0.2, 0) is 11.8 Å². The Morgan fingerprint density at radius 1 is 0.792 bits per heavy atom.